The number of hydrogen-bond donors (Lipinski definition) is 0. The molecule has 0 amide bonds. The number of ether oxygens (including phenoxy) is 2. The van der Waals surface area contributed by atoms with Crippen molar-refractivity contribution in [1.82, 2.24) is 0 Å². The largest absolute Gasteiger partial charge is 0.353 e. The number of methoxy groups -OCH3 is 2. The first-order valence-corrected chi connectivity index (χ1v) is 7.91. The third-order valence-electron chi connectivity index (χ3n) is 5.22. The zero-order valence-electron chi connectivity index (χ0n) is 12.2. The Morgan fingerprint density at radius 3 is 1.78 bits per heavy atom. The Hall–Kier alpha value is -0.0800. The highest BCUT2D eigenvalue weighted by molar-refractivity contribution is 4.85. The smallest absolute Gasteiger partial charge is 0.170 e. The molecule has 2 heteroatoms. The number of rotatable bonds is 5. The quantitative estimate of drug-likeness (QED) is 0.671. The van der Waals surface area contributed by atoms with E-state index < -0.39 is 0 Å². The van der Waals surface area contributed by atoms with Crippen molar-refractivity contribution in [2.24, 2.45) is 11.8 Å². The van der Waals surface area contributed by atoms with Gasteiger partial charge in [0, 0.05) is 26.6 Å². The van der Waals surface area contributed by atoms with Gasteiger partial charge >= 0.3 is 0 Å². The summed E-state index contributed by atoms with van der Waals surface area (Å²) in [5.74, 6) is 1.14. The molecule has 106 valence electrons. The van der Waals surface area contributed by atoms with E-state index in [0.29, 0.717) is 5.92 Å². The lowest BCUT2D eigenvalue weighted by Gasteiger charge is -2.43. The summed E-state index contributed by atoms with van der Waals surface area (Å²) in [6.07, 6.45) is 14.8. The van der Waals surface area contributed by atoms with Crippen LogP contribution in [-0.2, 0) is 9.47 Å². The summed E-state index contributed by atoms with van der Waals surface area (Å²) < 4.78 is 11.8. The van der Waals surface area contributed by atoms with Crippen LogP contribution in [0.15, 0.2) is 0 Å². The Bertz CT molecular complexity index is 223. The highest BCUT2D eigenvalue weighted by atomic mass is 16.7. The highest BCUT2D eigenvalue weighted by Crippen LogP contribution is 2.42. The van der Waals surface area contributed by atoms with Gasteiger partial charge in [0.15, 0.2) is 5.79 Å². The van der Waals surface area contributed by atoms with Gasteiger partial charge in [-0.2, -0.15) is 0 Å². The average Bonchev–Trinajstić information content (AvgIpc) is 2.47. The van der Waals surface area contributed by atoms with Crippen LogP contribution < -0.4 is 0 Å². The van der Waals surface area contributed by atoms with E-state index in [1.807, 2.05) is 14.2 Å². The fourth-order valence-corrected chi connectivity index (χ4v) is 4.09. The highest BCUT2D eigenvalue weighted by Gasteiger charge is 2.41. The minimum Gasteiger partial charge on any atom is -0.353 e. The minimum absolute atomic E-state index is 0.289. The first-order valence-electron chi connectivity index (χ1n) is 7.91. The molecule has 18 heavy (non-hydrogen) atoms. The average molecular weight is 254 g/mol. The van der Waals surface area contributed by atoms with Crippen molar-refractivity contribution < 1.29 is 9.47 Å². The van der Waals surface area contributed by atoms with Gasteiger partial charge in [-0.25, -0.2) is 0 Å². The van der Waals surface area contributed by atoms with Gasteiger partial charge in [-0.05, 0) is 18.8 Å². The molecular weight excluding hydrogens is 224 g/mol. The van der Waals surface area contributed by atoms with Crippen LogP contribution in [0, 0.1) is 11.8 Å². The molecule has 0 atom stereocenters. The van der Waals surface area contributed by atoms with Gasteiger partial charge in [0.25, 0.3) is 0 Å². The van der Waals surface area contributed by atoms with E-state index in [1.165, 1.54) is 64.2 Å². The van der Waals surface area contributed by atoms with Gasteiger partial charge in [-0.3, -0.25) is 0 Å². The van der Waals surface area contributed by atoms with Crippen molar-refractivity contribution in [2.45, 2.75) is 76.4 Å². The van der Waals surface area contributed by atoms with Crippen LogP contribution in [0.4, 0.5) is 0 Å². The molecule has 0 aromatic rings. The molecule has 0 aromatic carbocycles. The molecule has 2 nitrogen and oxygen atoms in total. The molecule has 0 bridgehead atoms. The minimum atomic E-state index is -0.289. The summed E-state index contributed by atoms with van der Waals surface area (Å²) in [7, 11) is 3.70. The first kappa shape index (κ1) is 14.3. The molecule has 0 unspecified atom stereocenters. The van der Waals surface area contributed by atoms with E-state index in [4.69, 9.17) is 9.47 Å². The van der Waals surface area contributed by atoms with Crippen LogP contribution in [0.1, 0.15) is 70.6 Å². The lowest BCUT2D eigenvalue weighted by Crippen LogP contribution is -2.44. The molecule has 2 rings (SSSR count). The molecule has 2 aliphatic carbocycles. The molecule has 2 saturated carbocycles. The second kappa shape index (κ2) is 6.91. The van der Waals surface area contributed by atoms with Gasteiger partial charge in [0.2, 0.25) is 0 Å². The third kappa shape index (κ3) is 3.27. The summed E-state index contributed by atoms with van der Waals surface area (Å²) >= 11 is 0. The second-order valence-corrected chi connectivity index (χ2v) is 6.26. The normalized spacial score (nSPS) is 24.3. The molecule has 0 spiro atoms. The van der Waals surface area contributed by atoms with Gasteiger partial charge in [0.1, 0.15) is 0 Å². The van der Waals surface area contributed by atoms with E-state index in [1.54, 1.807) is 0 Å². The van der Waals surface area contributed by atoms with E-state index in [-0.39, 0.29) is 5.79 Å². The van der Waals surface area contributed by atoms with Crippen molar-refractivity contribution in [3.8, 4) is 0 Å². The molecule has 0 heterocycles. The van der Waals surface area contributed by atoms with Crippen molar-refractivity contribution in [1.29, 1.82) is 0 Å². The topological polar surface area (TPSA) is 18.5 Å². The van der Waals surface area contributed by atoms with Gasteiger partial charge in [-0.15, -0.1) is 0 Å². The van der Waals surface area contributed by atoms with Crippen LogP contribution in [0.3, 0.4) is 0 Å². The predicted molar refractivity (Wildman–Crippen MR) is 74.5 cm³/mol. The molecule has 2 aliphatic rings. The Morgan fingerprint density at radius 2 is 1.28 bits per heavy atom. The molecule has 0 N–H and O–H groups in total. The number of hydrogen-bond acceptors (Lipinski definition) is 2. The maximum absolute atomic E-state index is 5.91. The van der Waals surface area contributed by atoms with E-state index in [2.05, 4.69) is 0 Å². The van der Waals surface area contributed by atoms with Crippen LogP contribution in [0.2, 0.25) is 0 Å². The van der Waals surface area contributed by atoms with Gasteiger partial charge < -0.3 is 9.47 Å². The van der Waals surface area contributed by atoms with Crippen molar-refractivity contribution in [3.05, 3.63) is 0 Å². The summed E-state index contributed by atoms with van der Waals surface area (Å²) in [5, 5.41) is 0. The van der Waals surface area contributed by atoms with Crippen molar-refractivity contribution >= 4 is 0 Å². The molecule has 2 fully saturated rings. The third-order valence-corrected chi connectivity index (χ3v) is 5.22. The summed E-state index contributed by atoms with van der Waals surface area (Å²) in [5.41, 5.74) is 0. The van der Waals surface area contributed by atoms with Crippen LogP contribution in [0.5, 0.6) is 0 Å². The zero-order chi connectivity index (χ0) is 12.8. The molecular formula is C16H30O2. The molecule has 0 aliphatic heterocycles. The first-order chi connectivity index (χ1) is 8.80. The zero-order valence-corrected chi connectivity index (χ0v) is 12.2. The summed E-state index contributed by atoms with van der Waals surface area (Å²) in [4.78, 5) is 0. The lowest BCUT2D eigenvalue weighted by atomic mass is 9.76. The SMILES string of the molecule is COC(CC1CCCCC1)(OC)C1CCCCC1. The van der Waals surface area contributed by atoms with Crippen LogP contribution in [-0.4, -0.2) is 20.0 Å². The summed E-state index contributed by atoms with van der Waals surface area (Å²) in [6.45, 7) is 0. The predicted octanol–water partition coefficient (Wildman–Crippen LogP) is 4.53. The van der Waals surface area contributed by atoms with Gasteiger partial charge in [-0.1, -0.05) is 51.4 Å². The molecule has 0 radical (unpaired) electrons. The Balaban J connectivity index is 1.99. The van der Waals surface area contributed by atoms with Crippen LogP contribution >= 0.6 is 0 Å². The Labute approximate surface area is 112 Å². The summed E-state index contributed by atoms with van der Waals surface area (Å²) in [6, 6.07) is 0. The fraction of sp³-hybridized carbons (Fsp3) is 1.00. The van der Waals surface area contributed by atoms with E-state index >= 15 is 0 Å². The van der Waals surface area contributed by atoms with E-state index in [9.17, 15) is 0 Å². The fourth-order valence-electron chi connectivity index (χ4n) is 4.09. The lowest BCUT2D eigenvalue weighted by molar-refractivity contribution is -0.255. The maximum atomic E-state index is 5.91. The van der Waals surface area contributed by atoms with Crippen molar-refractivity contribution in [3.63, 3.8) is 0 Å². The van der Waals surface area contributed by atoms with E-state index in [0.717, 1.165) is 12.3 Å². The van der Waals surface area contributed by atoms with Gasteiger partial charge in [0.05, 0.1) is 0 Å². The van der Waals surface area contributed by atoms with Crippen LogP contribution in [0.25, 0.3) is 0 Å². The second-order valence-electron chi connectivity index (χ2n) is 6.26. The molecule has 0 aromatic heterocycles. The van der Waals surface area contributed by atoms with Crippen molar-refractivity contribution in [2.75, 3.05) is 14.2 Å². The maximum Gasteiger partial charge on any atom is 0.170 e. The standard InChI is InChI=1S/C16H30O2/c1-17-16(18-2,15-11-7-4-8-12-15)13-14-9-5-3-6-10-14/h14-15H,3-13H2,1-2H3. The Kier molecular flexibility index (Phi) is 5.50. The Morgan fingerprint density at radius 1 is 0.778 bits per heavy atom. The molecule has 0 saturated heterocycles. The monoisotopic (exact) mass is 254 g/mol.